The Morgan fingerprint density at radius 2 is 1.92 bits per heavy atom. The van der Waals surface area contributed by atoms with Gasteiger partial charge in [0.2, 0.25) is 0 Å². The Hall–Kier alpha value is -1.75. The number of ether oxygens (including phenoxy) is 1. The number of nitrogens with two attached hydrogens (primary N) is 1. The number of benzene rings is 1. The van der Waals surface area contributed by atoms with Gasteiger partial charge in [0.05, 0.1) is 6.61 Å². The highest BCUT2D eigenvalue weighted by Gasteiger charge is 2.22. The summed E-state index contributed by atoms with van der Waals surface area (Å²) in [5.41, 5.74) is 6.76. The van der Waals surface area contributed by atoms with Crippen molar-refractivity contribution in [2.24, 2.45) is 17.6 Å². The van der Waals surface area contributed by atoms with Gasteiger partial charge in [-0.05, 0) is 68.3 Å². The van der Waals surface area contributed by atoms with Gasteiger partial charge < -0.3 is 20.3 Å². The van der Waals surface area contributed by atoms with Crippen LogP contribution in [0.4, 0.5) is 5.69 Å². The molecule has 3 N–H and O–H groups in total. The van der Waals surface area contributed by atoms with Gasteiger partial charge in [0.25, 0.3) is 0 Å². The SMILES string of the molecule is CC(C)CCOc1ccc(N(CCCN)C(=N)N2CCC(C)CC2)cc1. The highest BCUT2D eigenvalue weighted by molar-refractivity contribution is 5.93. The maximum absolute atomic E-state index is 8.71. The molecule has 0 aromatic heterocycles. The van der Waals surface area contributed by atoms with E-state index in [1.807, 2.05) is 12.1 Å². The number of likely N-dealkylation sites (tertiary alicyclic amines) is 1. The summed E-state index contributed by atoms with van der Waals surface area (Å²) in [6, 6.07) is 8.14. The van der Waals surface area contributed by atoms with Crippen molar-refractivity contribution in [2.75, 3.05) is 37.7 Å². The van der Waals surface area contributed by atoms with Crippen LogP contribution < -0.4 is 15.4 Å². The van der Waals surface area contributed by atoms with Crippen LogP contribution in [-0.2, 0) is 0 Å². The van der Waals surface area contributed by atoms with Crippen LogP contribution in [0.3, 0.4) is 0 Å². The van der Waals surface area contributed by atoms with E-state index in [0.29, 0.717) is 18.4 Å². The molecule has 1 heterocycles. The van der Waals surface area contributed by atoms with Crippen LogP contribution in [-0.4, -0.2) is 43.6 Å². The van der Waals surface area contributed by atoms with Crippen molar-refractivity contribution in [3.63, 3.8) is 0 Å². The molecule has 1 aromatic rings. The van der Waals surface area contributed by atoms with E-state index in [0.717, 1.165) is 69.3 Å². The molecular weight excluding hydrogens is 324 g/mol. The topological polar surface area (TPSA) is 65.6 Å². The number of nitrogens with zero attached hydrogens (tertiary/aromatic N) is 2. The first-order valence-electron chi connectivity index (χ1n) is 10.0. The maximum Gasteiger partial charge on any atom is 0.198 e. The van der Waals surface area contributed by atoms with Crippen molar-refractivity contribution in [1.82, 2.24) is 4.90 Å². The Balaban J connectivity index is 2.02. The van der Waals surface area contributed by atoms with E-state index in [-0.39, 0.29) is 0 Å². The zero-order valence-corrected chi connectivity index (χ0v) is 16.7. The van der Waals surface area contributed by atoms with Gasteiger partial charge in [-0.1, -0.05) is 20.8 Å². The van der Waals surface area contributed by atoms with E-state index >= 15 is 0 Å². The van der Waals surface area contributed by atoms with Crippen molar-refractivity contribution in [3.05, 3.63) is 24.3 Å². The summed E-state index contributed by atoms with van der Waals surface area (Å²) >= 11 is 0. The fourth-order valence-corrected chi connectivity index (χ4v) is 3.13. The lowest BCUT2D eigenvalue weighted by atomic mass is 9.99. The largest absolute Gasteiger partial charge is 0.494 e. The van der Waals surface area contributed by atoms with Gasteiger partial charge >= 0.3 is 0 Å². The van der Waals surface area contributed by atoms with Gasteiger partial charge in [-0.25, -0.2) is 0 Å². The minimum Gasteiger partial charge on any atom is -0.494 e. The molecule has 0 amide bonds. The van der Waals surface area contributed by atoms with Gasteiger partial charge in [0.15, 0.2) is 5.96 Å². The molecular formula is C21H36N4O. The van der Waals surface area contributed by atoms with Gasteiger partial charge in [-0.15, -0.1) is 0 Å². The van der Waals surface area contributed by atoms with E-state index in [4.69, 9.17) is 15.9 Å². The molecule has 0 aliphatic carbocycles. The fraction of sp³-hybridized carbons (Fsp3) is 0.667. The lowest BCUT2D eigenvalue weighted by Gasteiger charge is -2.37. The van der Waals surface area contributed by atoms with Crippen molar-refractivity contribution in [3.8, 4) is 5.75 Å². The van der Waals surface area contributed by atoms with Crippen LogP contribution in [0.5, 0.6) is 5.75 Å². The van der Waals surface area contributed by atoms with Gasteiger partial charge in [0.1, 0.15) is 5.75 Å². The minimum atomic E-state index is 0.596. The van der Waals surface area contributed by atoms with Crippen LogP contribution in [0.25, 0.3) is 0 Å². The molecule has 26 heavy (non-hydrogen) atoms. The monoisotopic (exact) mass is 360 g/mol. The van der Waals surface area contributed by atoms with Crippen LogP contribution in [0, 0.1) is 17.2 Å². The van der Waals surface area contributed by atoms with Crippen molar-refractivity contribution in [2.45, 2.75) is 46.5 Å². The van der Waals surface area contributed by atoms with Crippen LogP contribution >= 0.6 is 0 Å². The molecule has 2 rings (SSSR count). The summed E-state index contributed by atoms with van der Waals surface area (Å²) in [5.74, 6) is 2.90. The number of nitrogens with one attached hydrogen (secondary N) is 1. The molecule has 1 fully saturated rings. The smallest absolute Gasteiger partial charge is 0.198 e. The quantitative estimate of drug-likeness (QED) is 0.544. The minimum absolute atomic E-state index is 0.596. The molecule has 5 heteroatoms. The van der Waals surface area contributed by atoms with E-state index < -0.39 is 0 Å². The zero-order chi connectivity index (χ0) is 18.9. The second-order valence-electron chi connectivity index (χ2n) is 7.81. The molecule has 0 atom stereocenters. The summed E-state index contributed by atoms with van der Waals surface area (Å²) < 4.78 is 5.82. The molecule has 0 unspecified atom stereocenters. The maximum atomic E-state index is 8.71. The zero-order valence-electron chi connectivity index (χ0n) is 16.7. The third-order valence-corrected chi connectivity index (χ3v) is 5.04. The Kier molecular flexibility index (Phi) is 8.23. The summed E-state index contributed by atoms with van der Waals surface area (Å²) in [4.78, 5) is 4.28. The van der Waals surface area contributed by atoms with Crippen LogP contribution in [0.1, 0.15) is 46.5 Å². The first-order chi connectivity index (χ1) is 12.5. The lowest BCUT2D eigenvalue weighted by molar-refractivity contribution is 0.275. The number of piperidine rings is 1. The summed E-state index contributed by atoms with van der Waals surface area (Å²) in [6.07, 6.45) is 4.26. The molecule has 0 saturated carbocycles. The average Bonchev–Trinajstić information content (AvgIpc) is 2.63. The summed E-state index contributed by atoms with van der Waals surface area (Å²) in [7, 11) is 0. The number of guanidine groups is 1. The predicted octanol–water partition coefficient (Wildman–Crippen LogP) is 3.93. The Morgan fingerprint density at radius 1 is 1.27 bits per heavy atom. The number of anilines is 1. The Bertz CT molecular complexity index is 535. The van der Waals surface area contributed by atoms with Crippen LogP contribution in [0.15, 0.2) is 24.3 Å². The number of hydrogen-bond donors (Lipinski definition) is 2. The van der Waals surface area contributed by atoms with Gasteiger partial charge in [0, 0.05) is 25.3 Å². The predicted molar refractivity (Wildman–Crippen MR) is 110 cm³/mol. The number of hydrogen-bond acceptors (Lipinski definition) is 3. The van der Waals surface area contributed by atoms with Crippen LogP contribution in [0.2, 0.25) is 0 Å². The standard InChI is InChI=1S/C21H36N4O/c1-17(2)11-16-26-20-7-5-19(6-8-20)25(13-4-12-22)21(23)24-14-9-18(3)10-15-24/h5-8,17-18,23H,4,9-16,22H2,1-3H3. The van der Waals surface area contributed by atoms with E-state index in [1.54, 1.807) is 0 Å². The van der Waals surface area contributed by atoms with Gasteiger partial charge in [-0.3, -0.25) is 5.41 Å². The summed E-state index contributed by atoms with van der Waals surface area (Å²) in [6.45, 7) is 10.8. The highest BCUT2D eigenvalue weighted by atomic mass is 16.5. The third-order valence-electron chi connectivity index (χ3n) is 5.04. The molecule has 1 aliphatic rings. The highest BCUT2D eigenvalue weighted by Crippen LogP contribution is 2.23. The summed E-state index contributed by atoms with van der Waals surface area (Å²) in [5, 5.41) is 8.71. The first-order valence-corrected chi connectivity index (χ1v) is 10.0. The third kappa shape index (κ3) is 6.20. The Morgan fingerprint density at radius 3 is 2.50 bits per heavy atom. The molecule has 0 spiro atoms. The number of rotatable bonds is 8. The first kappa shape index (κ1) is 20.6. The molecule has 0 bridgehead atoms. The van der Waals surface area contributed by atoms with E-state index in [1.165, 1.54) is 0 Å². The van der Waals surface area contributed by atoms with Crippen molar-refractivity contribution < 1.29 is 4.74 Å². The van der Waals surface area contributed by atoms with Gasteiger partial charge in [-0.2, -0.15) is 0 Å². The second kappa shape index (κ2) is 10.4. The van der Waals surface area contributed by atoms with Crippen molar-refractivity contribution in [1.29, 1.82) is 5.41 Å². The van der Waals surface area contributed by atoms with E-state index in [9.17, 15) is 0 Å². The molecule has 146 valence electrons. The van der Waals surface area contributed by atoms with Crippen molar-refractivity contribution >= 4 is 11.6 Å². The lowest BCUT2D eigenvalue weighted by Crippen LogP contribution is -2.47. The Labute approximate surface area is 159 Å². The normalized spacial score (nSPS) is 15.3. The molecule has 1 aliphatic heterocycles. The molecule has 0 radical (unpaired) electrons. The van der Waals surface area contributed by atoms with E-state index in [2.05, 4.69) is 42.7 Å². The molecule has 1 saturated heterocycles. The second-order valence-corrected chi connectivity index (χ2v) is 7.81. The average molecular weight is 361 g/mol. The fourth-order valence-electron chi connectivity index (χ4n) is 3.13. The molecule has 1 aromatic carbocycles. The molecule has 5 nitrogen and oxygen atoms in total.